The molecular weight excluding hydrogens is 240 g/mol. The second-order valence-electron chi connectivity index (χ2n) is 4.86. The first-order valence-electron chi connectivity index (χ1n) is 6.53. The zero-order chi connectivity index (χ0) is 12.4. The fourth-order valence-corrected chi connectivity index (χ4v) is 3.53. The summed E-state index contributed by atoms with van der Waals surface area (Å²) in [5.74, 6) is 2.55. The van der Waals surface area contributed by atoms with Crippen molar-refractivity contribution in [3.8, 4) is 0 Å². The van der Waals surface area contributed by atoms with E-state index >= 15 is 0 Å². The van der Waals surface area contributed by atoms with Crippen molar-refractivity contribution in [1.82, 2.24) is 4.98 Å². The molecule has 0 radical (unpaired) electrons. The Morgan fingerprint density at radius 1 is 1.17 bits per heavy atom. The van der Waals surface area contributed by atoms with Gasteiger partial charge in [0, 0.05) is 17.1 Å². The number of aromatic nitrogens is 1. The molecule has 1 aliphatic rings. The number of aryl methyl sites for hydroxylation is 1. The maximum absolute atomic E-state index is 4.67. The quantitative estimate of drug-likeness (QED) is 0.885. The molecule has 1 aromatic heterocycles. The van der Waals surface area contributed by atoms with Crippen molar-refractivity contribution in [3.63, 3.8) is 0 Å². The van der Waals surface area contributed by atoms with Gasteiger partial charge in [0.05, 0.1) is 11.2 Å². The number of hydrogen-bond donors (Lipinski definition) is 1. The van der Waals surface area contributed by atoms with Crippen LogP contribution in [0.4, 0.5) is 5.69 Å². The van der Waals surface area contributed by atoms with Crippen molar-refractivity contribution in [2.45, 2.75) is 25.8 Å². The van der Waals surface area contributed by atoms with E-state index in [0.717, 1.165) is 11.2 Å². The monoisotopic (exact) mass is 258 g/mol. The van der Waals surface area contributed by atoms with E-state index in [9.17, 15) is 0 Å². The Bertz CT molecular complexity index is 547. The summed E-state index contributed by atoms with van der Waals surface area (Å²) in [5, 5.41) is 4.89. The Labute approximate surface area is 112 Å². The minimum atomic E-state index is 0.610. The summed E-state index contributed by atoms with van der Waals surface area (Å²) in [6, 6.07) is 11.2. The zero-order valence-corrected chi connectivity index (χ0v) is 11.5. The van der Waals surface area contributed by atoms with Crippen LogP contribution in [0.25, 0.3) is 10.9 Å². The molecule has 2 aromatic rings. The molecule has 0 unspecified atom stereocenters. The summed E-state index contributed by atoms with van der Waals surface area (Å²) in [6.07, 6.45) is 2.51. The van der Waals surface area contributed by atoms with Gasteiger partial charge in [-0.1, -0.05) is 18.2 Å². The second kappa shape index (κ2) is 5.19. The number of fused-ring (bicyclic) bond motifs is 1. The lowest BCUT2D eigenvalue weighted by molar-refractivity contribution is 0.667. The van der Waals surface area contributed by atoms with Crippen molar-refractivity contribution in [3.05, 3.63) is 36.0 Å². The summed E-state index contributed by atoms with van der Waals surface area (Å²) in [5.41, 5.74) is 3.37. The largest absolute Gasteiger partial charge is 0.380 e. The normalized spacial score (nSPS) is 16.9. The molecule has 0 amide bonds. The fraction of sp³-hybridized carbons (Fsp3) is 0.400. The van der Waals surface area contributed by atoms with Crippen LogP contribution in [-0.4, -0.2) is 22.5 Å². The minimum Gasteiger partial charge on any atom is -0.380 e. The molecule has 18 heavy (non-hydrogen) atoms. The molecule has 0 spiro atoms. The van der Waals surface area contributed by atoms with Gasteiger partial charge in [-0.05, 0) is 43.4 Å². The average molecular weight is 258 g/mol. The summed E-state index contributed by atoms with van der Waals surface area (Å²) >= 11 is 2.06. The summed E-state index contributed by atoms with van der Waals surface area (Å²) < 4.78 is 0. The number of anilines is 1. The number of hydrogen-bond acceptors (Lipinski definition) is 3. The highest BCUT2D eigenvalue weighted by atomic mass is 32.2. The zero-order valence-electron chi connectivity index (χ0n) is 10.6. The van der Waals surface area contributed by atoms with E-state index in [0.29, 0.717) is 6.04 Å². The summed E-state index contributed by atoms with van der Waals surface area (Å²) in [4.78, 5) is 4.67. The molecule has 1 aromatic carbocycles. The van der Waals surface area contributed by atoms with Gasteiger partial charge in [0.25, 0.3) is 0 Å². The van der Waals surface area contributed by atoms with Crippen LogP contribution in [0.5, 0.6) is 0 Å². The summed E-state index contributed by atoms with van der Waals surface area (Å²) in [6.45, 7) is 2.05. The second-order valence-corrected chi connectivity index (χ2v) is 6.09. The first-order valence-corrected chi connectivity index (χ1v) is 7.69. The predicted molar refractivity (Wildman–Crippen MR) is 80.4 cm³/mol. The van der Waals surface area contributed by atoms with E-state index in [4.69, 9.17) is 0 Å². The van der Waals surface area contributed by atoms with Gasteiger partial charge in [-0.2, -0.15) is 11.8 Å². The van der Waals surface area contributed by atoms with E-state index in [1.54, 1.807) is 0 Å². The van der Waals surface area contributed by atoms with Crippen LogP contribution >= 0.6 is 11.8 Å². The Balaban J connectivity index is 1.92. The van der Waals surface area contributed by atoms with Gasteiger partial charge in [0.2, 0.25) is 0 Å². The molecule has 0 bridgehead atoms. The molecular formula is C15H18N2S. The van der Waals surface area contributed by atoms with Crippen LogP contribution in [0.15, 0.2) is 30.3 Å². The number of thioether (sulfide) groups is 1. The van der Waals surface area contributed by atoms with Crippen molar-refractivity contribution in [2.24, 2.45) is 0 Å². The lowest BCUT2D eigenvalue weighted by Crippen LogP contribution is -2.24. The van der Waals surface area contributed by atoms with Crippen molar-refractivity contribution in [2.75, 3.05) is 16.8 Å². The van der Waals surface area contributed by atoms with Crippen molar-refractivity contribution < 1.29 is 0 Å². The molecule has 3 rings (SSSR count). The number of pyridine rings is 1. The van der Waals surface area contributed by atoms with E-state index in [1.807, 2.05) is 6.92 Å². The summed E-state index contributed by atoms with van der Waals surface area (Å²) in [7, 11) is 0. The molecule has 1 saturated heterocycles. The average Bonchev–Trinajstić information content (AvgIpc) is 2.41. The van der Waals surface area contributed by atoms with Gasteiger partial charge in [0.1, 0.15) is 0 Å². The van der Waals surface area contributed by atoms with Crippen molar-refractivity contribution in [1.29, 1.82) is 0 Å². The van der Waals surface area contributed by atoms with Crippen LogP contribution in [0.1, 0.15) is 18.5 Å². The van der Waals surface area contributed by atoms with Crippen LogP contribution in [0.3, 0.4) is 0 Å². The first kappa shape index (κ1) is 11.8. The SMILES string of the molecule is Cc1ccc2cccc(NC3CCSCC3)c2n1. The van der Waals surface area contributed by atoms with Crippen LogP contribution in [0, 0.1) is 6.92 Å². The van der Waals surface area contributed by atoms with E-state index < -0.39 is 0 Å². The predicted octanol–water partition coefficient (Wildman–Crippen LogP) is 3.85. The molecule has 94 valence electrons. The Morgan fingerprint density at radius 2 is 2.00 bits per heavy atom. The molecule has 1 aliphatic heterocycles. The third kappa shape index (κ3) is 2.46. The number of para-hydroxylation sites is 1. The number of nitrogens with one attached hydrogen (secondary N) is 1. The minimum absolute atomic E-state index is 0.610. The van der Waals surface area contributed by atoms with Gasteiger partial charge >= 0.3 is 0 Å². The van der Waals surface area contributed by atoms with Gasteiger partial charge in [-0.3, -0.25) is 4.98 Å². The third-order valence-corrected chi connectivity index (χ3v) is 4.49. The molecule has 2 heterocycles. The van der Waals surface area contributed by atoms with Crippen LogP contribution in [-0.2, 0) is 0 Å². The first-order chi connectivity index (χ1) is 8.83. The van der Waals surface area contributed by atoms with Gasteiger partial charge in [0.15, 0.2) is 0 Å². The van der Waals surface area contributed by atoms with Gasteiger partial charge in [-0.15, -0.1) is 0 Å². The maximum Gasteiger partial charge on any atom is 0.0936 e. The molecule has 1 fully saturated rings. The lowest BCUT2D eigenvalue weighted by Gasteiger charge is -2.24. The van der Waals surface area contributed by atoms with Gasteiger partial charge < -0.3 is 5.32 Å². The van der Waals surface area contributed by atoms with E-state index in [-0.39, 0.29) is 0 Å². The highest BCUT2D eigenvalue weighted by Crippen LogP contribution is 2.26. The van der Waals surface area contributed by atoms with Crippen LogP contribution in [0.2, 0.25) is 0 Å². The number of rotatable bonds is 2. The third-order valence-electron chi connectivity index (χ3n) is 3.44. The number of benzene rings is 1. The van der Waals surface area contributed by atoms with Gasteiger partial charge in [-0.25, -0.2) is 0 Å². The fourth-order valence-electron chi connectivity index (χ4n) is 2.42. The molecule has 0 atom stereocenters. The Kier molecular flexibility index (Phi) is 3.41. The van der Waals surface area contributed by atoms with E-state index in [2.05, 4.69) is 52.4 Å². The van der Waals surface area contributed by atoms with E-state index in [1.165, 1.54) is 35.4 Å². The Morgan fingerprint density at radius 3 is 2.83 bits per heavy atom. The maximum atomic E-state index is 4.67. The standard InChI is InChI=1S/C15H18N2S/c1-11-5-6-12-3-2-4-14(15(12)16-11)17-13-7-9-18-10-8-13/h2-6,13,17H,7-10H2,1H3. The molecule has 2 nitrogen and oxygen atoms in total. The highest BCUT2D eigenvalue weighted by molar-refractivity contribution is 7.99. The molecule has 3 heteroatoms. The number of nitrogens with zero attached hydrogens (tertiary/aromatic N) is 1. The topological polar surface area (TPSA) is 24.9 Å². The lowest BCUT2D eigenvalue weighted by atomic mass is 10.1. The molecule has 0 aliphatic carbocycles. The highest BCUT2D eigenvalue weighted by Gasteiger charge is 2.14. The molecule has 1 N–H and O–H groups in total. The van der Waals surface area contributed by atoms with Crippen molar-refractivity contribution >= 4 is 28.4 Å². The Hall–Kier alpha value is -1.22. The molecule has 0 saturated carbocycles. The smallest absolute Gasteiger partial charge is 0.0936 e. The van der Waals surface area contributed by atoms with Crippen LogP contribution < -0.4 is 5.32 Å².